The molecule has 0 radical (unpaired) electrons. The normalized spacial score (nSPS) is 16.9. The fourth-order valence-electron chi connectivity index (χ4n) is 1.35. The monoisotopic (exact) mass is 153 g/mol. The highest BCUT2D eigenvalue weighted by Crippen LogP contribution is 2.09. The first-order valence-corrected chi connectivity index (χ1v) is 4.23. The number of nitrogens with zero attached hydrogens (tertiary/aromatic N) is 1. The van der Waals surface area contributed by atoms with Crippen LogP contribution >= 0.6 is 0 Å². The van der Waals surface area contributed by atoms with Crippen LogP contribution in [-0.4, -0.2) is 23.9 Å². The largest absolute Gasteiger partial charge is 0.343 e. The summed E-state index contributed by atoms with van der Waals surface area (Å²) in [5, 5.41) is 0. The van der Waals surface area contributed by atoms with E-state index in [2.05, 4.69) is 6.58 Å². The Labute approximate surface area is 67.9 Å². The van der Waals surface area contributed by atoms with Crippen molar-refractivity contribution in [2.24, 2.45) is 0 Å². The molecule has 0 aromatic carbocycles. The third kappa shape index (κ3) is 2.37. The summed E-state index contributed by atoms with van der Waals surface area (Å²) in [6.45, 7) is 5.52. The molecule has 1 rings (SSSR count). The second-order valence-corrected chi connectivity index (χ2v) is 2.92. The summed E-state index contributed by atoms with van der Waals surface area (Å²) >= 11 is 0. The average Bonchev–Trinajstić information content (AvgIpc) is 2.52. The lowest BCUT2D eigenvalue weighted by Crippen LogP contribution is -2.26. The van der Waals surface area contributed by atoms with E-state index in [1.807, 2.05) is 4.90 Å². The standard InChI is InChI=1S/C9H15NO/c1-2-3-6-9(11)10-7-4-5-8-10/h2H,1,3-8H2. The van der Waals surface area contributed by atoms with Crippen molar-refractivity contribution in [3.8, 4) is 0 Å². The van der Waals surface area contributed by atoms with Crippen LogP contribution in [-0.2, 0) is 4.79 Å². The van der Waals surface area contributed by atoms with Crippen LogP contribution in [0.4, 0.5) is 0 Å². The van der Waals surface area contributed by atoms with Gasteiger partial charge >= 0.3 is 0 Å². The van der Waals surface area contributed by atoms with E-state index in [0.29, 0.717) is 12.3 Å². The maximum Gasteiger partial charge on any atom is 0.222 e. The molecule has 62 valence electrons. The van der Waals surface area contributed by atoms with E-state index in [0.717, 1.165) is 19.5 Å². The third-order valence-corrected chi connectivity index (χ3v) is 2.02. The smallest absolute Gasteiger partial charge is 0.222 e. The average molecular weight is 153 g/mol. The van der Waals surface area contributed by atoms with Gasteiger partial charge in [-0.05, 0) is 19.3 Å². The Balaban J connectivity index is 2.22. The predicted molar refractivity (Wildman–Crippen MR) is 45.2 cm³/mol. The molecule has 1 saturated heterocycles. The predicted octanol–water partition coefficient (Wildman–Crippen LogP) is 1.58. The van der Waals surface area contributed by atoms with E-state index >= 15 is 0 Å². The fourth-order valence-corrected chi connectivity index (χ4v) is 1.35. The van der Waals surface area contributed by atoms with Gasteiger partial charge in [0.25, 0.3) is 0 Å². The summed E-state index contributed by atoms with van der Waals surface area (Å²) in [6, 6.07) is 0. The second-order valence-electron chi connectivity index (χ2n) is 2.92. The van der Waals surface area contributed by atoms with E-state index in [-0.39, 0.29) is 0 Å². The van der Waals surface area contributed by atoms with E-state index in [9.17, 15) is 4.79 Å². The Kier molecular flexibility index (Phi) is 3.14. The molecule has 1 amide bonds. The van der Waals surface area contributed by atoms with E-state index in [4.69, 9.17) is 0 Å². The van der Waals surface area contributed by atoms with Gasteiger partial charge in [0.1, 0.15) is 0 Å². The SMILES string of the molecule is C=CCCC(=O)N1CCCC1. The van der Waals surface area contributed by atoms with Gasteiger partial charge in [0.2, 0.25) is 5.91 Å². The summed E-state index contributed by atoms with van der Waals surface area (Å²) in [6.07, 6.45) is 5.62. The van der Waals surface area contributed by atoms with Gasteiger partial charge in [0, 0.05) is 19.5 Å². The molecule has 0 aromatic rings. The number of carbonyl (C=O) groups is 1. The van der Waals surface area contributed by atoms with Crippen molar-refractivity contribution < 1.29 is 4.79 Å². The quantitative estimate of drug-likeness (QED) is 0.564. The van der Waals surface area contributed by atoms with E-state index in [1.165, 1.54) is 12.8 Å². The van der Waals surface area contributed by atoms with Crippen LogP contribution in [0.5, 0.6) is 0 Å². The Morgan fingerprint density at radius 2 is 2.09 bits per heavy atom. The first kappa shape index (κ1) is 8.31. The van der Waals surface area contributed by atoms with Crippen LogP contribution < -0.4 is 0 Å². The highest BCUT2D eigenvalue weighted by molar-refractivity contribution is 5.76. The molecule has 1 aliphatic rings. The van der Waals surface area contributed by atoms with Crippen molar-refractivity contribution >= 4 is 5.91 Å². The topological polar surface area (TPSA) is 20.3 Å². The number of hydrogen-bond donors (Lipinski definition) is 0. The van der Waals surface area contributed by atoms with Gasteiger partial charge in [0.15, 0.2) is 0 Å². The molecular formula is C9H15NO. The highest BCUT2D eigenvalue weighted by atomic mass is 16.2. The second kappa shape index (κ2) is 4.16. The van der Waals surface area contributed by atoms with Crippen molar-refractivity contribution in [2.45, 2.75) is 25.7 Å². The Bertz CT molecular complexity index is 148. The number of carbonyl (C=O) groups excluding carboxylic acids is 1. The van der Waals surface area contributed by atoms with Crippen LogP contribution in [0.2, 0.25) is 0 Å². The van der Waals surface area contributed by atoms with Gasteiger partial charge < -0.3 is 4.90 Å². The minimum absolute atomic E-state index is 0.294. The van der Waals surface area contributed by atoms with Crippen molar-refractivity contribution in [1.29, 1.82) is 0 Å². The third-order valence-electron chi connectivity index (χ3n) is 2.02. The van der Waals surface area contributed by atoms with Gasteiger partial charge in [-0.25, -0.2) is 0 Å². The van der Waals surface area contributed by atoms with Gasteiger partial charge in [-0.15, -0.1) is 6.58 Å². The van der Waals surface area contributed by atoms with Crippen LogP contribution in [0.1, 0.15) is 25.7 Å². The lowest BCUT2D eigenvalue weighted by atomic mass is 10.3. The van der Waals surface area contributed by atoms with Crippen LogP contribution in [0.15, 0.2) is 12.7 Å². The lowest BCUT2D eigenvalue weighted by molar-refractivity contribution is -0.130. The summed E-state index contributed by atoms with van der Waals surface area (Å²) in [5.41, 5.74) is 0. The summed E-state index contributed by atoms with van der Waals surface area (Å²) < 4.78 is 0. The summed E-state index contributed by atoms with van der Waals surface area (Å²) in [7, 11) is 0. The zero-order chi connectivity index (χ0) is 8.10. The number of hydrogen-bond acceptors (Lipinski definition) is 1. The molecule has 1 fully saturated rings. The number of likely N-dealkylation sites (tertiary alicyclic amines) is 1. The molecule has 2 nitrogen and oxygen atoms in total. The molecular weight excluding hydrogens is 138 g/mol. The van der Waals surface area contributed by atoms with Gasteiger partial charge in [-0.1, -0.05) is 6.08 Å². The highest BCUT2D eigenvalue weighted by Gasteiger charge is 2.16. The molecule has 1 heterocycles. The fraction of sp³-hybridized carbons (Fsp3) is 0.667. The Hall–Kier alpha value is -0.790. The minimum atomic E-state index is 0.294. The summed E-state index contributed by atoms with van der Waals surface area (Å²) in [4.78, 5) is 13.2. The van der Waals surface area contributed by atoms with Crippen molar-refractivity contribution in [2.75, 3.05) is 13.1 Å². The van der Waals surface area contributed by atoms with Gasteiger partial charge in [0.05, 0.1) is 0 Å². The molecule has 2 heteroatoms. The first-order chi connectivity index (χ1) is 5.34. The van der Waals surface area contributed by atoms with Crippen molar-refractivity contribution in [1.82, 2.24) is 4.90 Å². The maximum absolute atomic E-state index is 11.3. The zero-order valence-corrected chi connectivity index (χ0v) is 6.88. The van der Waals surface area contributed by atoms with E-state index in [1.54, 1.807) is 6.08 Å². The molecule has 0 bridgehead atoms. The molecule has 11 heavy (non-hydrogen) atoms. The molecule has 0 atom stereocenters. The van der Waals surface area contributed by atoms with Crippen LogP contribution in [0.3, 0.4) is 0 Å². The number of amides is 1. The number of allylic oxidation sites excluding steroid dienone is 1. The van der Waals surface area contributed by atoms with Crippen LogP contribution in [0.25, 0.3) is 0 Å². The Morgan fingerprint density at radius 3 is 2.64 bits per heavy atom. The molecule has 0 unspecified atom stereocenters. The molecule has 0 aliphatic carbocycles. The van der Waals surface area contributed by atoms with Crippen molar-refractivity contribution in [3.05, 3.63) is 12.7 Å². The molecule has 0 spiro atoms. The summed E-state index contributed by atoms with van der Waals surface area (Å²) in [5.74, 6) is 0.294. The minimum Gasteiger partial charge on any atom is -0.343 e. The van der Waals surface area contributed by atoms with Gasteiger partial charge in [-0.3, -0.25) is 4.79 Å². The van der Waals surface area contributed by atoms with Crippen molar-refractivity contribution in [3.63, 3.8) is 0 Å². The first-order valence-electron chi connectivity index (χ1n) is 4.23. The molecule has 0 saturated carbocycles. The Morgan fingerprint density at radius 1 is 1.45 bits per heavy atom. The van der Waals surface area contributed by atoms with E-state index < -0.39 is 0 Å². The maximum atomic E-state index is 11.3. The zero-order valence-electron chi connectivity index (χ0n) is 6.88. The molecule has 0 N–H and O–H groups in total. The molecule has 1 aliphatic heterocycles. The molecule has 0 aromatic heterocycles. The number of rotatable bonds is 3. The van der Waals surface area contributed by atoms with Crippen LogP contribution in [0, 0.1) is 0 Å². The van der Waals surface area contributed by atoms with Gasteiger partial charge in [-0.2, -0.15) is 0 Å². The lowest BCUT2D eigenvalue weighted by Gasteiger charge is -2.13.